The van der Waals surface area contributed by atoms with E-state index in [0.717, 1.165) is 5.56 Å². The molecule has 146 valence electrons. The number of rotatable bonds is 5. The molecule has 2 heterocycles. The number of carbonyl (C=O) groups is 3. The molecule has 0 saturated carbocycles. The standard InChI is InChI=1S/C17H14Cl2N4O4S/c1-8(27-16(26)12-4-5-14(24)23-22-12)15(25)21-17-20-13(7-28-17)9-2-3-10(18)11(19)6-9/h2-3,6-8H,4-5H2,1H3,(H,23,24)(H,20,21,25)/t8-/m1/s1. The van der Waals surface area contributed by atoms with Crippen LogP contribution < -0.4 is 10.7 Å². The maximum Gasteiger partial charge on any atom is 0.355 e. The van der Waals surface area contributed by atoms with Gasteiger partial charge in [0.25, 0.3) is 5.91 Å². The highest BCUT2D eigenvalue weighted by molar-refractivity contribution is 7.14. The first kappa shape index (κ1) is 20.2. The van der Waals surface area contributed by atoms with Gasteiger partial charge in [0.2, 0.25) is 5.91 Å². The van der Waals surface area contributed by atoms with Gasteiger partial charge in [-0.15, -0.1) is 11.3 Å². The van der Waals surface area contributed by atoms with Crippen molar-refractivity contribution < 1.29 is 19.1 Å². The van der Waals surface area contributed by atoms with E-state index in [-0.39, 0.29) is 24.5 Å². The van der Waals surface area contributed by atoms with Crippen molar-refractivity contribution in [1.29, 1.82) is 0 Å². The van der Waals surface area contributed by atoms with E-state index < -0.39 is 18.0 Å². The first-order valence-corrected chi connectivity index (χ1v) is 9.75. The van der Waals surface area contributed by atoms with Gasteiger partial charge in [-0.1, -0.05) is 29.3 Å². The van der Waals surface area contributed by atoms with Crippen LogP contribution in [0.1, 0.15) is 19.8 Å². The third-order valence-corrected chi connectivity index (χ3v) is 5.24. The van der Waals surface area contributed by atoms with Crippen molar-refractivity contribution in [3.63, 3.8) is 0 Å². The molecule has 1 aliphatic heterocycles. The van der Waals surface area contributed by atoms with Gasteiger partial charge in [0.05, 0.1) is 15.7 Å². The molecule has 1 aromatic carbocycles. The molecule has 0 fully saturated rings. The van der Waals surface area contributed by atoms with Gasteiger partial charge in [-0.3, -0.25) is 14.9 Å². The number of halogens is 2. The van der Waals surface area contributed by atoms with Crippen LogP contribution in [0.2, 0.25) is 10.0 Å². The van der Waals surface area contributed by atoms with Gasteiger partial charge in [-0.25, -0.2) is 15.2 Å². The van der Waals surface area contributed by atoms with E-state index in [0.29, 0.717) is 20.9 Å². The molecule has 3 rings (SSSR count). The number of hydrogen-bond acceptors (Lipinski definition) is 7. The highest BCUT2D eigenvalue weighted by Crippen LogP contribution is 2.30. The molecule has 0 spiro atoms. The molecule has 0 saturated heterocycles. The van der Waals surface area contributed by atoms with Gasteiger partial charge >= 0.3 is 5.97 Å². The third kappa shape index (κ3) is 4.86. The van der Waals surface area contributed by atoms with Crippen LogP contribution in [-0.2, 0) is 19.1 Å². The van der Waals surface area contributed by atoms with Crippen LogP contribution in [0.4, 0.5) is 5.13 Å². The van der Waals surface area contributed by atoms with E-state index in [1.165, 1.54) is 18.3 Å². The number of benzene rings is 1. The zero-order chi connectivity index (χ0) is 20.3. The van der Waals surface area contributed by atoms with Gasteiger partial charge in [-0.2, -0.15) is 5.10 Å². The summed E-state index contributed by atoms with van der Waals surface area (Å²) >= 11 is 13.1. The Morgan fingerprint density at radius 1 is 1.29 bits per heavy atom. The van der Waals surface area contributed by atoms with Gasteiger partial charge < -0.3 is 4.74 Å². The Balaban J connectivity index is 1.60. The zero-order valence-corrected chi connectivity index (χ0v) is 16.8. The molecule has 8 nitrogen and oxygen atoms in total. The molecule has 1 aromatic heterocycles. The largest absolute Gasteiger partial charge is 0.448 e. The second-order valence-electron chi connectivity index (χ2n) is 5.80. The van der Waals surface area contributed by atoms with Crippen LogP contribution in [0.5, 0.6) is 0 Å². The fourth-order valence-corrected chi connectivity index (χ4v) is 3.25. The minimum Gasteiger partial charge on any atom is -0.448 e. The summed E-state index contributed by atoms with van der Waals surface area (Å²) in [5.41, 5.74) is 3.64. The van der Waals surface area contributed by atoms with Crippen LogP contribution in [0.25, 0.3) is 11.3 Å². The number of anilines is 1. The van der Waals surface area contributed by atoms with Crippen molar-refractivity contribution in [3.05, 3.63) is 33.6 Å². The lowest BCUT2D eigenvalue weighted by Crippen LogP contribution is -2.35. The van der Waals surface area contributed by atoms with Crippen molar-refractivity contribution in [1.82, 2.24) is 10.4 Å². The number of nitrogens with one attached hydrogen (secondary N) is 2. The Morgan fingerprint density at radius 2 is 2.07 bits per heavy atom. The molecule has 11 heteroatoms. The number of hydrazone groups is 1. The molecular formula is C17H14Cl2N4O4S. The number of hydrogen-bond donors (Lipinski definition) is 2. The van der Waals surface area contributed by atoms with Crippen molar-refractivity contribution in [2.24, 2.45) is 5.10 Å². The maximum absolute atomic E-state index is 12.3. The SMILES string of the molecule is C[C@@H](OC(=O)C1=NNC(=O)CC1)C(=O)Nc1nc(-c2ccc(Cl)c(Cl)c2)cs1. The number of carbonyl (C=O) groups excluding carboxylic acids is 3. The Kier molecular flexibility index (Phi) is 6.28. The molecule has 0 radical (unpaired) electrons. The van der Waals surface area contributed by atoms with E-state index in [1.54, 1.807) is 23.6 Å². The van der Waals surface area contributed by atoms with E-state index >= 15 is 0 Å². The van der Waals surface area contributed by atoms with E-state index in [1.807, 2.05) is 0 Å². The molecule has 0 bridgehead atoms. The average Bonchev–Trinajstić information content (AvgIpc) is 3.12. The lowest BCUT2D eigenvalue weighted by atomic mass is 10.2. The first-order chi connectivity index (χ1) is 13.3. The highest BCUT2D eigenvalue weighted by atomic mass is 35.5. The van der Waals surface area contributed by atoms with Gasteiger partial charge in [0.1, 0.15) is 5.71 Å². The average molecular weight is 441 g/mol. The lowest BCUT2D eigenvalue weighted by molar-refractivity contribution is -0.146. The molecule has 1 atom stereocenters. The monoisotopic (exact) mass is 440 g/mol. The predicted molar refractivity (Wildman–Crippen MR) is 107 cm³/mol. The molecular weight excluding hydrogens is 427 g/mol. The van der Waals surface area contributed by atoms with Crippen LogP contribution in [0.15, 0.2) is 28.7 Å². The van der Waals surface area contributed by atoms with Crippen LogP contribution in [0.3, 0.4) is 0 Å². The minimum atomic E-state index is -1.06. The first-order valence-electron chi connectivity index (χ1n) is 8.11. The Labute approximate surface area is 173 Å². The quantitative estimate of drug-likeness (QED) is 0.693. The number of esters is 1. The fourth-order valence-electron chi connectivity index (χ4n) is 2.23. The molecule has 28 heavy (non-hydrogen) atoms. The normalized spacial score (nSPS) is 14.7. The van der Waals surface area contributed by atoms with Crippen molar-refractivity contribution in [2.75, 3.05) is 5.32 Å². The Hall–Kier alpha value is -2.49. The van der Waals surface area contributed by atoms with Crippen molar-refractivity contribution in [3.8, 4) is 11.3 Å². The van der Waals surface area contributed by atoms with Crippen molar-refractivity contribution in [2.45, 2.75) is 25.9 Å². The van der Waals surface area contributed by atoms with Crippen LogP contribution >= 0.6 is 34.5 Å². The lowest BCUT2D eigenvalue weighted by Gasteiger charge is -2.15. The topological polar surface area (TPSA) is 110 Å². The third-order valence-electron chi connectivity index (χ3n) is 3.74. The summed E-state index contributed by atoms with van der Waals surface area (Å²) in [4.78, 5) is 39.6. The molecule has 2 N–H and O–H groups in total. The summed E-state index contributed by atoms with van der Waals surface area (Å²) in [6, 6.07) is 5.11. The van der Waals surface area contributed by atoms with Gasteiger partial charge in [-0.05, 0) is 19.1 Å². The summed E-state index contributed by atoms with van der Waals surface area (Å²) in [6.07, 6.45) is -0.756. The highest BCUT2D eigenvalue weighted by Gasteiger charge is 2.25. The summed E-state index contributed by atoms with van der Waals surface area (Å²) in [7, 11) is 0. The summed E-state index contributed by atoms with van der Waals surface area (Å²) in [5, 5.41) is 9.17. The zero-order valence-electron chi connectivity index (χ0n) is 14.5. The molecule has 0 aliphatic carbocycles. The molecule has 1 aliphatic rings. The number of ether oxygens (including phenoxy) is 1. The number of aromatic nitrogens is 1. The number of thiazole rings is 1. The Bertz CT molecular complexity index is 976. The van der Waals surface area contributed by atoms with E-state index in [2.05, 4.69) is 20.8 Å². The van der Waals surface area contributed by atoms with Crippen molar-refractivity contribution >= 4 is 63.2 Å². The van der Waals surface area contributed by atoms with E-state index in [4.69, 9.17) is 27.9 Å². The smallest absolute Gasteiger partial charge is 0.355 e. The van der Waals surface area contributed by atoms with Gasteiger partial charge in [0.15, 0.2) is 11.2 Å². The maximum atomic E-state index is 12.3. The molecule has 2 amide bonds. The number of nitrogens with zero attached hydrogens (tertiary/aromatic N) is 2. The second kappa shape index (κ2) is 8.68. The summed E-state index contributed by atoms with van der Waals surface area (Å²) < 4.78 is 5.09. The predicted octanol–water partition coefficient (Wildman–Crippen LogP) is 3.25. The summed E-state index contributed by atoms with van der Waals surface area (Å²) in [5.74, 6) is -1.56. The molecule has 2 aromatic rings. The van der Waals surface area contributed by atoms with Crippen LogP contribution in [0, 0.1) is 0 Å². The molecule has 0 unspecified atom stereocenters. The minimum absolute atomic E-state index is 0.0652. The Morgan fingerprint density at radius 3 is 2.75 bits per heavy atom. The van der Waals surface area contributed by atoms with Gasteiger partial charge in [0, 0.05) is 23.8 Å². The second-order valence-corrected chi connectivity index (χ2v) is 7.47. The van der Waals surface area contributed by atoms with Crippen LogP contribution in [-0.4, -0.2) is 34.6 Å². The summed E-state index contributed by atoms with van der Waals surface area (Å²) in [6.45, 7) is 1.43. The van der Waals surface area contributed by atoms with E-state index in [9.17, 15) is 14.4 Å². The fraction of sp³-hybridized carbons (Fsp3) is 0.235. The number of amides is 2.